The van der Waals surface area contributed by atoms with Crippen LogP contribution in [0.3, 0.4) is 0 Å². The molecule has 1 aromatic rings. The molecule has 1 saturated heterocycles. The molecule has 0 bridgehead atoms. The van der Waals surface area contributed by atoms with Crippen molar-refractivity contribution in [1.29, 1.82) is 0 Å². The maximum atomic E-state index is 5.30. The van der Waals surface area contributed by atoms with Gasteiger partial charge in [0.15, 0.2) is 5.96 Å². The lowest BCUT2D eigenvalue weighted by atomic mass is 10.0. The second-order valence-corrected chi connectivity index (χ2v) is 6.40. The Bertz CT molecular complexity index is 569. The Morgan fingerprint density at radius 2 is 2.04 bits per heavy atom. The number of terminal acetylenes is 1. The van der Waals surface area contributed by atoms with E-state index in [-0.39, 0.29) is 24.0 Å². The first-order valence-electron chi connectivity index (χ1n) is 9.17. The molecule has 2 rings (SSSR count). The Hall–Kier alpha value is -1.30. The third-order valence-corrected chi connectivity index (χ3v) is 4.45. The largest absolute Gasteiger partial charge is 0.357 e. The number of rotatable bonds is 7. The fourth-order valence-corrected chi connectivity index (χ4v) is 3.16. The lowest BCUT2D eigenvalue weighted by Gasteiger charge is -2.40. The number of hydrogen-bond donors (Lipinski definition) is 2. The molecule has 0 saturated carbocycles. The van der Waals surface area contributed by atoms with Gasteiger partial charge in [0.1, 0.15) is 0 Å². The van der Waals surface area contributed by atoms with Crippen molar-refractivity contribution in [3.63, 3.8) is 0 Å². The van der Waals surface area contributed by atoms with Gasteiger partial charge in [0.2, 0.25) is 0 Å². The summed E-state index contributed by atoms with van der Waals surface area (Å²) in [5, 5.41) is 6.35. The zero-order valence-corrected chi connectivity index (χ0v) is 18.3. The molecule has 1 aliphatic rings. The molecule has 2 N–H and O–H groups in total. The van der Waals surface area contributed by atoms with E-state index in [1.165, 1.54) is 5.56 Å². The van der Waals surface area contributed by atoms with Crippen molar-refractivity contribution in [2.75, 3.05) is 52.9 Å². The monoisotopic (exact) mass is 469 g/mol. The number of piperazine rings is 1. The minimum Gasteiger partial charge on any atom is -0.357 e. The van der Waals surface area contributed by atoms with Crippen molar-refractivity contribution >= 4 is 29.9 Å². The van der Waals surface area contributed by atoms with Gasteiger partial charge >= 0.3 is 0 Å². The minimum atomic E-state index is 0. The molecule has 1 unspecified atom stereocenters. The van der Waals surface area contributed by atoms with E-state index in [9.17, 15) is 0 Å². The summed E-state index contributed by atoms with van der Waals surface area (Å²) >= 11 is 0. The van der Waals surface area contributed by atoms with E-state index in [4.69, 9.17) is 6.42 Å². The molecule has 1 atom stereocenters. The molecule has 0 aliphatic carbocycles. The first-order valence-corrected chi connectivity index (χ1v) is 9.17. The SMILES string of the molecule is C#CCNC(=NCCCN1CCN(C)CC1c1ccccc1)NCC.I. The zero-order valence-electron chi connectivity index (χ0n) is 15.9. The normalized spacial score (nSPS) is 18.7. The highest BCUT2D eigenvalue weighted by atomic mass is 127. The smallest absolute Gasteiger partial charge is 0.192 e. The van der Waals surface area contributed by atoms with Gasteiger partial charge in [-0.1, -0.05) is 36.3 Å². The van der Waals surface area contributed by atoms with Crippen LogP contribution in [0.1, 0.15) is 24.9 Å². The molecule has 6 heteroatoms. The third-order valence-electron chi connectivity index (χ3n) is 4.45. The van der Waals surface area contributed by atoms with E-state index in [1.807, 2.05) is 0 Å². The highest BCUT2D eigenvalue weighted by molar-refractivity contribution is 14.0. The van der Waals surface area contributed by atoms with Gasteiger partial charge in [-0.15, -0.1) is 30.4 Å². The number of hydrogen-bond acceptors (Lipinski definition) is 3. The molecule has 1 heterocycles. The van der Waals surface area contributed by atoms with E-state index in [1.54, 1.807) is 0 Å². The number of guanidine groups is 1. The molecule has 1 aromatic carbocycles. The van der Waals surface area contributed by atoms with Crippen LogP contribution in [0.25, 0.3) is 0 Å². The predicted molar refractivity (Wildman–Crippen MR) is 121 cm³/mol. The van der Waals surface area contributed by atoms with Crippen molar-refractivity contribution in [2.24, 2.45) is 4.99 Å². The van der Waals surface area contributed by atoms with Crippen LogP contribution < -0.4 is 10.6 Å². The summed E-state index contributed by atoms with van der Waals surface area (Å²) in [5.74, 6) is 3.39. The first-order chi connectivity index (χ1) is 12.2. The fourth-order valence-electron chi connectivity index (χ4n) is 3.16. The Kier molecular flexibility index (Phi) is 11.3. The summed E-state index contributed by atoms with van der Waals surface area (Å²) in [7, 11) is 2.21. The lowest BCUT2D eigenvalue weighted by Crippen LogP contribution is -2.47. The van der Waals surface area contributed by atoms with E-state index in [0.29, 0.717) is 12.6 Å². The van der Waals surface area contributed by atoms with E-state index < -0.39 is 0 Å². The second kappa shape index (κ2) is 13.0. The van der Waals surface area contributed by atoms with Crippen molar-refractivity contribution in [2.45, 2.75) is 19.4 Å². The molecule has 0 radical (unpaired) electrons. The average Bonchev–Trinajstić information content (AvgIpc) is 2.64. The van der Waals surface area contributed by atoms with Crippen LogP contribution in [0.5, 0.6) is 0 Å². The summed E-state index contributed by atoms with van der Waals surface area (Å²) in [4.78, 5) is 9.62. The van der Waals surface area contributed by atoms with Crippen molar-refractivity contribution in [3.05, 3.63) is 35.9 Å². The summed E-state index contributed by atoms with van der Waals surface area (Å²) < 4.78 is 0. The van der Waals surface area contributed by atoms with Gasteiger partial charge < -0.3 is 15.5 Å². The fraction of sp³-hybridized carbons (Fsp3) is 0.550. The number of halogens is 1. The molecule has 0 aromatic heterocycles. The quantitative estimate of drug-likeness (QED) is 0.211. The van der Waals surface area contributed by atoms with Gasteiger partial charge in [-0.2, -0.15) is 0 Å². The topological polar surface area (TPSA) is 42.9 Å². The highest BCUT2D eigenvalue weighted by Crippen LogP contribution is 2.24. The van der Waals surface area contributed by atoms with Crippen LogP contribution >= 0.6 is 24.0 Å². The van der Waals surface area contributed by atoms with Crippen molar-refractivity contribution in [3.8, 4) is 12.3 Å². The molecule has 0 spiro atoms. The molecule has 144 valence electrons. The number of nitrogens with zero attached hydrogens (tertiary/aromatic N) is 3. The van der Waals surface area contributed by atoms with Gasteiger partial charge in [0, 0.05) is 45.3 Å². The second-order valence-electron chi connectivity index (χ2n) is 6.40. The number of aliphatic imine (C=N–C) groups is 1. The van der Waals surface area contributed by atoms with E-state index in [0.717, 1.165) is 51.6 Å². The third kappa shape index (κ3) is 7.52. The molecule has 1 aliphatic heterocycles. The lowest BCUT2D eigenvalue weighted by molar-refractivity contribution is 0.0894. The maximum Gasteiger partial charge on any atom is 0.192 e. The van der Waals surface area contributed by atoms with Gasteiger partial charge in [0.25, 0.3) is 0 Å². The van der Waals surface area contributed by atoms with Gasteiger partial charge in [-0.3, -0.25) is 9.89 Å². The minimum absolute atomic E-state index is 0. The number of nitrogens with one attached hydrogen (secondary N) is 2. The summed E-state index contributed by atoms with van der Waals surface area (Å²) in [5.41, 5.74) is 1.40. The molecule has 26 heavy (non-hydrogen) atoms. The summed E-state index contributed by atoms with van der Waals surface area (Å²) in [6, 6.07) is 11.3. The van der Waals surface area contributed by atoms with Gasteiger partial charge in [-0.25, -0.2) is 0 Å². The molecular formula is C20H32IN5. The van der Waals surface area contributed by atoms with Crippen molar-refractivity contribution in [1.82, 2.24) is 20.4 Å². The van der Waals surface area contributed by atoms with Crippen molar-refractivity contribution < 1.29 is 0 Å². The van der Waals surface area contributed by atoms with Crippen LogP contribution in [0.2, 0.25) is 0 Å². The predicted octanol–water partition coefficient (Wildman–Crippen LogP) is 2.17. The summed E-state index contributed by atoms with van der Waals surface area (Å²) in [6.45, 7) is 8.57. The summed E-state index contributed by atoms with van der Waals surface area (Å²) in [6.07, 6.45) is 6.34. The van der Waals surface area contributed by atoms with Crippen LogP contribution in [0.15, 0.2) is 35.3 Å². The Morgan fingerprint density at radius 3 is 2.73 bits per heavy atom. The highest BCUT2D eigenvalue weighted by Gasteiger charge is 2.25. The van der Waals surface area contributed by atoms with Crippen LogP contribution in [0.4, 0.5) is 0 Å². The van der Waals surface area contributed by atoms with Gasteiger partial charge in [0.05, 0.1) is 6.54 Å². The zero-order chi connectivity index (χ0) is 17.9. The van der Waals surface area contributed by atoms with Crippen LogP contribution in [-0.4, -0.2) is 68.6 Å². The van der Waals surface area contributed by atoms with E-state index in [2.05, 4.69) is 75.6 Å². The maximum absolute atomic E-state index is 5.30. The number of benzene rings is 1. The Morgan fingerprint density at radius 1 is 1.27 bits per heavy atom. The molecular weight excluding hydrogens is 437 g/mol. The average molecular weight is 469 g/mol. The Labute approximate surface area is 175 Å². The number of likely N-dealkylation sites (N-methyl/N-ethyl adjacent to an activating group) is 1. The molecule has 0 amide bonds. The van der Waals surface area contributed by atoms with E-state index >= 15 is 0 Å². The van der Waals surface area contributed by atoms with Crippen LogP contribution in [-0.2, 0) is 0 Å². The Balaban J connectivity index is 0.00000338. The molecule has 5 nitrogen and oxygen atoms in total. The van der Waals surface area contributed by atoms with Crippen LogP contribution in [0, 0.1) is 12.3 Å². The molecule has 1 fully saturated rings. The first kappa shape index (κ1) is 22.7. The van der Waals surface area contributed by atoms with Gasteiger partial charge in [-0.05, 0) is 26.0 Å². The standard InChI is InChI=1S/C20H31N5.HI/c1-4-12-22-20(21-5-2)23-13-9-14-25-16-15-24(3)17-19(25)18-10-7-6-8-11-18;/h1,6-8,10-11,19H,5,9,12-17H2,2-3H3,(H2,21,22,23);1H.